The largest absolute Gasteiger partial charge is 0.325 e. The number of benzene rings is 1. The second-order valence-electron chi connectivity index (χ2n) is 3.00. The van der Waals surface area contributed by atoms with E-state index in [2.05, 4.69) is 21.2 Å². The van der Waals surface area contributed by atoms with Gasteiger partial charge in [-0.15, -0.1) is 11.6 Å². The van der Waals surface area contributed by atoms with Crippen molar-refractivity contribution in [3.8, 4) is 0 Å². The number of hydrogen-bond donors (Lipinski definition) is 1. The summed E-state index contributed by atoms with van der Waals surface area (Å²) in [5, 5.41) is 2.14. The molecule has 0 spiro atoms. The molecule has 0 saturated carbocycles. The van der Waals surface area contributed by atoms with E-state index in [0.717, 1.165) is 10.0 Å². The maximum atomic E-state index is 13.3. The van der Waals surface area contributed by atoms with Crippen LogP contribution in [0.1, 0.15) is 5.56 Å². The minimum absolute atomic E-state index is 0.141. The molecule has 0 aromatic heterocycles. The van der Waals surface area contributed by atoms with E-state index in [0.29, 0.717) is 0 Å². The van der Waals surface area contributed by atoms with Crippen molar-refractivity contribution in [2.75, 3.05) is 5.88 Å². The number of carbonyl (C=O) groups excluding carboxylic acids is 1. The molecule has 1 unspecified atom stereocenters. The first kappa shape index (κ1) is 12.5. The van der Waals surface area contributed by atoms with Crippen LogP contribution in [0, 0.1) is 0 Å². The van der Waals surface area contributed by atoms with E-state index >= 15 is 0 Å². The molecular formula is C10H10BrClFNO. The van der Waals surface area contributed by atoms with Crippen LogP contribution >= 0.6 is 27.5 Å². The van der Waals surface area contributed by atoms with Gasteiger partial charge in [0.25, 0.3) is 0 Å². The molecule has 1 N–H and O–H groups in total. The minimum atomic E-state index is -1.40. The smallest absolute Gasteiger partial charge is 0.237 e. The molecule has 1 amide bonds. The number of alkyl halides is 2. The molecule has 0 saturated heterocycles. The summed E-state index contributed by atoms with van der Waals surface area (Å²) in [5.41, 5.74) is 0.812. The Bertz CT molecular complexity index is 348. The van der Waals surface area contributed by atoms with Crippen molar-refractivity contribution in [1.82, 2.24) is 5.32 Å². The van der Waals surface area contributed by atoms with Crippen molar-refractivity contribution in [1.29, 1.82) is 0 Å². The number of halogens is 3. The van der Waals surface area contributed by atoms with Gasteiger partial charge in [0.1, 0.15) is 5.88 Å². The molecule has 0 bridgehead atoms. The minimum Gasteiger partial charge on any atom is -0.325 e. The molecule has 0 fully saturated rings. The predicted molar refractivity (Wildman–Crippen MR) is 61.6 cm³/mol. The van der Waals surface area contributed by atoms with E-state index in [4.69, 9.17) is 11.6 Å². The van der Waals surface area contributed by atoms with Gasteiger partial charge in [0.05, 0.1) is 0 Å². The normalized spacial score (nSPS) is 12.2. The lowest BCUT2D eigenvalue weighted by Crippen LogP contribution is -2.33. The van der Waals surface area contributed by atoms with Crippen LogP contribution in [0.15, 0.2) is 28.7 Å². The molecule has 0 aliphatic rings. The summed E-state index contributed by atoms with van der Waals surface area (Å²) < 4.78 is 14.1. The first-order valence-electron chi connectivity index (χ1n) is 4.35. The topological polar surface area (TPSA) is 29.1 Å². The lowest BCUT2D eigenvalue weighted by Gasteiger charge is -2.09. The Morgan fingerprint density at radius 1 is 1.60 bits per heavy atom. The van der Waals surface area contributed by atoms with Crippen LogP contribution in [-0.4, -0.2) is 18.1 Å². The second kappa shape index (κ2) is 6.08. The van der Waals surface area contributed by atoms with Crippen molar-refractivity contribution >= 4 is 33.4 Å². The highest BCUT2D eigenvalue weighted by molar-refractivity contribution is 9.10. The summed E-state index contributed by atoms with van der Waals surface area (Å²) in [7, 11) is 0. The molecule has 1 aromatic carbocycles. The Morgan fingerprint density at radius 3 is 2.93 bits per heavy atom. The summed E-state index contributed by atoms with van der Waals surface area (Å²) in [6.07, 6.45) is -1.26. The van der Waals surface area contributed by atoms with E-state index in [9.17, 15) is 9.18 Å². The highest BCUT2D eigenvalue weighted by atomic mass is 79.9. The Labute approximate surface area is 101 Å². The fourth-order valence-corrected chi connectivity index (χ4v) is 1.66. The summed E-state index contributed by atoms with van der Waals surface area (Å²) in [4.78, 5) is 10.8. The molecule has 0 radical (unpaired) electrons. The molecule has 1 rings (SSSR count). The Morgan fingerprint density at radius 2 is 2.33 bits per heavy atom. The van der Waals surface area contributed by atoms with Gasteiger partial charge in [0, 0.05) is 10.9 Å². The van der Waals surface area contributed by atoms with Crippen LogP contribution < -0.4 is 5.32 Å². The fraction of sp³-hybridized carbons (Fsp3) is 0.300. The van der Waals surface area contributed by atoms with Gasteiger partial charge < -0.3 is 5.32 Å². The molecule has 2 nitrogen and oxygen atoms in total. The highest BCUT2D eigenvalue weighted by Crippen LogP contribution is 2.13. The molecular weight excluding hydrogens is 284 g/mol. The van der Waals surface area contributed by atoms with Crippen LogP contribution in [0.25, 0.3) is 0 Å². The standard InChI is InChI=1S/C10H10BrClFNO/c11-8-3-1-2-7(4-8)5-9(13)14-10(15)6-12/h1-4,9H,5-6H2,(H,14,15). The molecule has 1 aromatic rings. The first-order chi connectivity index (χ1) is 7.11. The van der Waals surface area contributed by atoms with E-state index < -0.39 is 12.2 Å². The third kappa shape index (κ3) is 4.62. The second-order valence-corrected chi connectivity index (χ2v) is 4.19. The van der Waals surface area contributed by atoms with Gasteiger partial charge in [0.15, 0.2) is 6.30 Å². The molecule has 5 heteroatoms. The van der Waals surface area contributed by atoms with Crippen LogP contribution in [0.2, 0.25) is 0 Å². The summed E-state index contributed by atoms with van der Waals surface area (Å²) in [6, 6.07) is 7.27. The Hall–Kier alpha value is -0.610. The van der Waals surface area contributed by atoms with Gasteiger partial charge in [-0.05, 0) is 17.7 Å². The van der Waals surface area contributed by atoms with E-state index in [1.54, 1.807) is 12.1 Å². The van der Waals surface area contributed by atoms with Gasteiger partial charge in [-0.25, -0.2) is 4.39 Å². The molecule has 15 heavy (non-hydrogen) atoms. The number of rotatable bonds is 4. The van der Waals surface area contributed by atoms with E-state index in [-0.39, 0.29) is 12.3 Å². The zero-order chi connectivity index (χ0) is 11.3. The molecule has 82 valence electrons. The quantitative estimate of drug-likeness (QED) is 0.671. The SMILES string of the molecule is O=C(CCl)NC(F)Cc1cccc(Br)c1. The lowest BCUT2D eigenvalue weighted by molar-refractivity contribution is -0.120. The predicted octanol–water partition coefficient (Wildman–Crippen LogP) is 2.64. The Balaban J connectivity index is 2.51. The van der Waals surface area contributed by atoms with E-state index in [1.165, 1.54) is 0 Å². The van der Waals surface area contributed by atoms with Crippen molar-refractivity contribution in [3.63, 3.8) is 0 Å². The van der Waals surface area contributed by atoms with Crippen LogP contribution in [0.4, 0.5) is 4.39 Å². The fourth-order valence-electron chi connectivity index (χ4n) is 1.14. The van der Waals surface area contributed by atoms with Gasteiger partial charge in [-0.3, -0.25) is 4.79 Å². The number of carbonyl (C=O) groups is 1. The van der Waals surface area contributed by atoms with Crippen molar-refractivity contribution in [2.24, 2.45) is 0 Å². The average molecular weight is 295 g/mol. The van der Waals surface area contributed by atoms with Gasteiger partial charge >= 0.3 is 0 Å². The van der Waals surface area contributed by atoms with Crippen LogP contribution in [0.5, 0.6) is 0 Å². The number of hydrogen-bond acceptors (Lipinski definition) is 1. The first-order valence-corrected chi connectivity index (χ1v) is 5.68. The average Bonchev–Trinajstić information content (AvgIpc) is 2.17. The summed E-state index contributed by atoms with van der Waals surface area (Å²) >= 11 is 8.52. The molecule has 0 heterocycles. The third-order valence-electron chi connectivity index (χ3n) is 1.74. The molecule has 0 aliphatic carbocycles. The van der Waals surface area contributed by atoms with Gasteiger partial charge in [-0.1, -0.05) is 28.1 Å². The van der Waals surface area contributed by atoms with E-state index in [1.807, 2.05) is 12.1 Å². The van der Waals surface area contributed by atoms with Crippen molar-refractivity contribution in [3.05, 3.63) is 34.3 Å². The monoisotopic (exact) mass is 293 g/mol. The maximum absolute atomic E-state index is 13.3. The van der Waals surface area contributed by atoms with Crippen LogP contribution in [-0.2, 0) is 11.2 Å². The van der Waals surface area contributed by atoms with Gasteiger partial charge in [-0.2, -0.15) is 0 Å². The zero-order valence-electron chi connectivity index (χ0n) is 7.84. The maximum Gasteiger partial charge on any atom is 0.237 e. The third-order valence-corrected chi connectivity index (χ3v) is 2.48. The molecule has 1 atom stereocenters. The highest BCUT2D eigenvalue weighted by Gasteiger charge is 2.10. The van der Waals surface area contributed by atoms with Crippen LogP contribution in [0.3, 0.4) is 0 Å². The zero-order valence-corrected chi connectivity index (χ0v) is 10.2. The van der Waals surface area contributed by atoms with Crippen molar-refractivity contribution < 1.29 is 9.18 Å². The number of nitrogens with one attached hydrogen (secondary N) is 1. The van der Waals surface area contributed by atoms with Gasteiger partial charge in [0.2, 0.25) is 5.91 Å². The number of amides is 1. The molecule has 0 aliphatic heterocycles. The summed E-state index contributed by atoms with van der Waals surface area (Å²) in [6.45, 7) is 0. The van der Waals surface area contributed by atoms with Crippen molar-refractivity contribution in [2.45, 2.75) is 12.7 Å². The summed E-state index contributed by atoms with van der Waals surface area (Å²) in [5.74, 6) is -0.724. The lowest BCUT2D eigenvalue weighted by atomic mass is 10.1. The Kier molecular flexibility index (Phi) is 5.05.